The normalized spacial score (nSPS) is 11.7. The summed E-state index contributed by atoms with van der Waals surface area (Å²) in [6.45, 7) is 7.41. The number of nitrogens with zero attached hydrogens (tertiary/aromatic N) is 1. The van der Waals surface area contributed by atoms with Crippen molar-refractivity contribution in [2.45, 2.75) is 40.2 Å². The van der Waals surface area contributed by atoms with E-state index in [1.165, 1.54) is 6.21 Å². The number of rotatable bonds is 8. The van der Waals surface area contributed by atoms with Gasteiger partial charge in [0.1, 0.15) is 5.75 Å². The van der Waals surface area contributed by atoms with Crippen LogP contribution >= 0.6 is 15.9 Å². The Morgan fingerprint density at radius 3 is 2.44 bits per heavy atom. The number of carbonyl (C=O) groups is 3. The number of ether oxygens (including phenoxy) is 1. The molecule has 2 aromatic rings. The molecular formula is C23H27BrN4O4. The fourth-order valence-electron chi connectivity index (χ4n) is 2.74. The highest BCUT2D eigenvalue weighted by Crippen LogP contribution is 2.22. The number of anilines is 1. The van der Waals surface area contributed by atoms with E-state index in [2.05, 4.69) is 37.1 Å². The van der Waals surface area contributed by atoms with Crippen molar-refractivity contribution in [3.8, 4) is 5.75 Å². The molecule has 0 unspecified atom stereocenters. The first kappa shape index (κ1) is 25.1. The quantitative estimate of drug-likeness (QED) is 0.291. The molecule has 8 nitrogen and oxygen atoms in total. The average Bonchev–Trinajstić information content (AvgIpc) is 2.72. The SMILES string of the molecule is CC[C@@H](C)NC(=O)C(=O)N/N=C\c1cc(Br)ccc1OCC(=O)Nc1cc(C)cc(C)c1. The Hall–Kier alpha value is -3.20. The van der Waals surface area contributed by atoms with Crippen molar-refractivity contribution < 1.29 is 19.1 Å². The molecule has 1 atom stereocenters. The van der Waals surface area contributed by atoms with Crippen LogP contribution in [-0.4, -0.2) is 36.6 Å². The summed E-state index contributed by atoms with van der Waals surface area (Å²) >= 11 is 3.37. The van der Waals surface area contributed by atoms with Crippen LogP contribution < -0.4 is 20.8 Å². The van der Waals surface area contributed by atoms with Gasteiger partial charge in [0.2, 0.25) is 0 Å². The zero-order valence-corrected chi connectivity index (χ0v) is 20.1. The standard InChI is InChI=1S/C23H27BrN4O4/c1-5-16(4)26-22(30)23(31)28-25-12-17-11-18(24)6-7-20(17)32-13-21(29)27-19-9-14(2)8-15(3)10-19/h6-12,16H,5,13H2,1-4H3,(H,26,30)(H,27,29)(H,28,31)/b25-12-/t16-/m1/s1. The Morgan fingerprint density at radius 1 is 1.09 bits per heavy atom. The Kier molecular flexibility index (Phi) is 9.39. The van der Waals surface area contributed by atoms with Gasteiger partial charge in [-0.1, -0.05) is 28.9 Å². The maximum Gasteiger partial charge on any atom is 0.329 e. The predicted octanol–water partition coefficient (Wildman–Crippen LogP) is 3.45. The lowest BCUT2D eigenvalue weighted by molar-refractivity contribution is -0.139. The number of hydrogen-bond donors (Lipinski definition) is 3. The molecule has 170 valence electrons. The van der Waals surface area contributed by atoms with Crippen molar-refractivity contribution in [3.63, 3.8) is 0 Å². The first-order valence-corrected chi connectivity index (χ1v) is 10.9. The molecule has 0 saturated heterocycles. The van der Waals surface area contributed by atoms with Crippen LogP contribution in [0.5, 0.6) is 5.75 Å². The van der Waals surface area contributed by atoms with Gasteiger partial charge < -0.3 is 15.4 Å². The van der Waals surface area contributed by atoms with Crippen molar-refractivity contribution >= 4 is 45.6 Å². The average molecular weight is 503 g/mol. The highest BCUT2D eigenvalue weighted by atomic mass is 79.9. The molecule has 0 aliphatic heterocycles. The summed E-state index contributed by atoms with van der Waals surface area (Å²) in [6.07, 6.45) is 2.05. The van der Waals surface area contributed by atoms with Crippen LogP contribution in [0.2, 0.25) is 0 Å². The summed E-state index contributed by atoms with van der Waals surface area (Å²) in [4.78, 5) is 35.9. The zero-order chi connectivity index (χ0) is 23.7. The minimum absolute atomic E-state index is 0.114. The Balaban J connectivity index is 1.98. The summed E-state index contributed by atoms with van der Waals surface area (Å²) in [7, 11) is 0. The third-order valence-electron chi connectivity index (χ3n) is 4.40. The predicted molar refractivity (Wildman–Crippen MR) is 128 cm³/mol. The fourth-order valence-corrected chi connectivity index (χ4v) is 3.12. The monoisotopic (exact) mass is 502 g/mol. The molecule has 0 heterocycles. The number of halogens is 1. The smallest absolute Gasteiger partial charge is 0.329 e. The fraction of sp³-hybridized carbons (Fsp3) is 0.304. The van der Waals surface area contributed by atoms with E-state index in [0.717, 1.165) is 15.6 Å². The van der Waals surface area contributed by atoms with Crippen LogP contribution in [0, 0.1) is 13.8 Å². The summed E-state index contributed by atoms with van der Waals surface area (Å²) in [6, 6.07) is 10.8. The number of amides is 3. The molecule has 0 saturated carbocycles. The lowest BCUT2D eigenvalue weighted by Crippen LogP contribution is -2.41. The van der Waals surface area contributed by atoms with Gasteiger partial charge in [0.25, 0.3) is 5.91 Å². The Labute approximate surface area is 195 Å². The minimum atomic E-state index is -0.869. The molecular weight excluding hydrogens is 476 g/mol. The summed E-state index contributed by atoms with van der Waals surface area (Å²) < 4.78 is 6.40. The van der Waals surface area contributed by atoms with E-state index >= 15 is 0 Å². The number of hydrazone groups is 1. The van der Waals surface area contributed by atoms with Gasteiger partial charge in [0, 0.05) is 21.8 Å². The lowest BCUT2D eigenvalue weighted by Gasteiger charge is -2.11. The van der Waals surface area contributed by atoms with Crippen LogP contribution in [0.1, 0.15) is 37.0 Å². The van der Waals surface area contributed by atoms with Gasteiger partial charge in [0.05, 0.1) is 6.21 Å². The second kappa shape index (κ2) is 12.0. The second-order valence-corrected chi connectivity index (χ2v) is 8.29. The molecule has 3 N–H and O–H groups in total. The van der Waals surface area contributed by atoms with E-state index in [0.29, 0.717) is 23.4 Å². The van der Waals surface area contributed by atoms with Gasteiger partial charge in [-0.2, -0.15) is 5.10 Å². The van der Waals surface area contributed by atoms with Crippen LogP contribution in [-0.2, 0) is 14.4 Å². The van der Waals surface area contributed by atoms with Crippen molar-refractivity contribution in [1.29, 1.82) is 0 Å². The second-order valence-electron chi connectivity index (χ2n) is 7.38. The maximum atomic E-state index is 12.3. The Morgan fingerprint density at radius 2 is 1.78 bits per heavy atom. The molecule has 0 aliphatic rings. The molecule has 9 heteroatoms. The van der Waals surface area contributed by atoms with E-state index in [9.17, 15) is 14.4 Å². The highest BCUT2D eigenvalue weighted by molar-refractivity contribution is 9.10. The van der Waals surface area contributed by atoms with Crippen molar-refractivity contribution in [2.24, 2.45) is 5.10 Å². The topological polar surface area (TPSA) is 109 Å². The van der Waals surface area contributed by atoms with Gasteiger partial charge in [-0.25, -0.2) is 5.43 Å². The van der Waals surface area contributed by atoms with Gasteiger partial charge in [-0.3, -0.25) is 14.4 Å². The molecule has 0 aromatic heterocycles. The van der Waals surface area contributed by atoms with Crippen molar-refractivity contribution in [2.75, 3.05) is 11.9 Å². The van der Waals surface area contributed by atoms with Gasteiger partial charge >= 0.3 is 11.8 Å². The van der Waals surface area contributed by atoms with E-state index < -0.39 is 11.8 Å². The molecule has 3 amide bonds. The number of nitrogens with one attached hydrogen (secondary N) is 3. The largest absolute Gasteiger partial charge is 0.483 e. The van der Waals surface area contributed by atoms with Crippen molar-refractivity contribution in [3.05, 3.63) is 57.6 Å². The van der Waals surface area contributed by atoms with Crippen LogP contribution in [0.25, 0.3) is 0 Å². The molecule has 0 fully saturated rings. The third kappa shape index (κ3) is 8.14. The molecule has 0 radical (unpaired) electrons. The molecule has 0 bridgehead atoms. The third-order valence-corrected chi connectivity index (χ3v) is 4.90. The molecule has 2 rings (SSSR count). The van der Waals surface area contributed by atoms with Crippen LogP contribution in [0.4, 0.5) is 5.69 Å². The van der Waals surface area contributed by atoms with E-state index in [-0.39, 0.29) is 18.6 Å². The Bertz CT molecular complexity index is 1000. The summed E-state index contributed by atoms with van der Waals surface area (Å²) in [5.74, 6) is -1.54. The number of benzene rings is 2. The van der Waals surface area contributed by atoms with Gasteiger partial charge in [0.15, 0.2) is 6.61 Å². The molecule has 0 spiro atoms. The maximum absolute atomic E-state index is 12.3. The summed E-state index contributed by atoms with van der Waals surface area (Å²) in [5.41, 5.74) is 5.50. The highest BCUT2D eigenvalue weighted by Gasteiger charge is 2.14. The number of hydrogen-bond acceptors (Lipinski definition) is 5. The van der Waals surface area contributed by atoms with E-state index in [4.69, 9.17) is 4.74 Å². The lowest BCUT2D eigenvalue weighted by atomic mass is 10.1. The first-order valence-electron chi connectivity index (χ1n) is 10.1. The van der Waals surface area contributed by atoms with Crippen LogP contribution in [0.3, 0.4) is 0 Å². The molecule has 2 aromatic carbocycles. The minimum Gasteiger partial charge on any atom is -0.483 e. The van der Waals surface area contributed by atoms with Gasteiger partial charge in [-0.15, -0.1) is 0 Å². The van der Waals surface area contributed by atoms with E-state index in [1.807, 2.05) is 39.0 Å². The first-order chi connectivity index (χ1) is 15.2. The zero-order valence-electron chi connectivity index (χ0n) is 18.5. The van der Waals surface area contributed by atoms with Crippen LogP contribution in [0.15, 0.2) is 46.0 Å². The molecule has 0 aliphatic carbocycles. The van der Waals surface area contributed by atoms with Gasteiger partial charge in [-0.05, 0) is 68.7 Å². The number of carbonyl (C=O) groups excluding carboxylic acids is 3. The number of aryl methyl sites for hydroxylation is 2. The summed E-state index contributed by atoms with van der Waals surface area (Å²) in [5, 5.41) is 9.19. The van der Waals surface area contributed by atoms with Crippen molar-refractivity contribution in [1.82, 2.24) is 10.7 Å². The molecule has 32 heavy (non-hydrogen) atoms. The van der Waals surface area contributed by atoms with E-state index in [1.54, 1.807) is 25.1 Å².